The molecule has 2 aliphatic heterocycles. The standard InChI is InChI=1S/C22H33N8O10PS/c1-9(2)39-18(33)10(3)29-41(36,42-7-11-16(32)27-21(34)25-11)38-6-12-14(31)22(4,35)19(40-12)30-8-24-13-15(30)26-20(23)28-17(13)37-5/h8-12,14,19,31,35H,6-7H2,1-5H3,(H,29,36)(H2,23,26,28)(H2,25,27,32,34)/t10-,11-,12-,14-,19-,22-,41?/m1/s1. The number of hydrogen-bond donors (Lipinski definition) is 6. The molecule has 0 aromatic carbocycles. The number of hydrogen-bond acceptors (Lipinski definition) is 15. The molecule has 7 atom stereocenters. The highest BCUT2D eigenvalue weighted by atomic mass is 32.7. The number of methoxy groups -OCH3 is 1. The SMILES string of the molecule is COc1nc(N)nc2c1ncn2[C@@H]1O[C@H](COP(=O)(N[C@H](C)C(=O)OC(C)C)SC[C@H]2NC(=O)NC2=O)[C@@H](O)[C@@]1(C)O. The zero-order chi connectivity index (χ0) is 31.0. The Hall–Kier alpha value is -3.06. The molecule has 2 aliphatic rings. The molecule has 2 fully saturated rings. The van der Waals surface area contributed by atoms with E-state index in [-0.39, 0.29) is 28.7 Å². The summed E-state index contributed by atoms with van der Waals surface area (Å²) in [5.74, 6) is -1.53. The number of imide groups is 1. The second-order valence-corrected chi connectivity index (χ2v) is 14.4. The summed E-state index contributed by atoms with van der Waals surface area (Å²) in [6.45, 7) is 1.48. The van der Waals surface area contributed by atoms with Crippen LogP contribution in [-0.2, 0) is 28.2 Å². The molecule has 4 rings (SSSR count). The van der Waals surface area contributed by atoms with Gasteiger partial charge in [0.15, 0.2) is 17.4 Å². The minimum absolute atomic E-state index is 0.0932. The number of nitrogens with one attached hydrogen (secondary N) is 3. The summed E-state index contributed by atoms with van der Waals surface area (Å²) in [4.78, 5) is 48.2. The minimum Gasteiger partial charge on any atom is -0.479 e. The predicted octanol–water partition coefficient (Wildman–Crippen LogP) is -0.578. The van der Waals surface area contributed by atoms with Gasteiger partial charge < -0.3 is 40.0 Å². The average Bonchev–Trinajstić information content (AvgIpc) is 3.53. The molecule has 2 saturated heterocycles. The van der Waals surface area contributed by atoms with Gasteiger partial charge in [0.1, 0.15) is 29.9 Å². The van der Waals surface area contributed by atoms with Crippen molar-refractivity contribution in [2.24, 2.45) is 0 Å². The number of nitrogen functional groups attached to an aromatic ring is 1. The first-order valence-corrected chi connectivity index (χ1v) is 16.0. The molecule has 232 valence electrons. The fourth-order valence-corrected chi connectivity index (χ4v) is 8.12. The number of nitrogens with two attached hydrogens (primary N) is 1. The first kappa shape index (κ1) is 31.9. The van der Waals surface area contributed by atoms with Crippen LogP contribution in [0.15, 0.2) is 6.33 Å². The second kappa shape index (κ2) is 12.3. The topological polar surface area (TPSA) is 251 Å². The Kier molecular flexibility index (Phi) is 9.31. The summed E-state index contributed by atoms with van der Waals surface area (Å²) in [7, 11) is 1.38. The van der Waals surface area contributed by atoms with Crippen LogP contribution in [-0.4, -0.2) is 103 Å². The molecule has 3 amide bonds. The monoisotopic (exact) mass is 632 g/mol. The number of imidazole rings is 1. The lowest BCUT2D eigenvalue weighted by atomic mass is 9.96. The number of urea groups is 1. The zero-order valence-corrected chi connectivity index (χ0v) is 25.0. The Morgan fingerprint density at radius 1 is 1.36 bits per heavy atom. The van der Waals surface area contributed by atoms with Crippen LogP contribution < -0.4 is 26.2 Å². The number of aliphatic hydroxyl groups is 2. The molecule has 4 heterocycles. The maximum absolute atomic E-state index is 13.9. The molecule has 0 bridgehead atoms. The van der Waals surface area contributed by atoms with Gasteiger partial charge in [0.2, 0.25) is 11.8 Å². The van der Waals surface area contributed by atoms with Gasteiger partial charge in [-0.15, -0.1) is 0 Å². The molecule has 7 N–H and O–H groups in total. The molecule has 2 aromatic heterocycles. The van der Waals surface area contributed by atoms with E-state index in [1.165, 1.54) is 31.9 Å². The Morgan fingerprint density at radius 2 is 2.07 bits per heavy atom. The Balaban J connectivity index is 1.53. The van der Waals surface area contributed by atoms with Crippen molar-refractivity contribution in [2.45, 2.75) is 69.9 Å². The van der Waals surface area contributed by atoms with Crippen LogP contribution in [0.2, 0.25) is 0 Å². The maximum atomic E-state index is 13.9. The van der Waals surface area contributed by atoms with Crippen molar-refractivity contribution in [1.82, 2.24) is 35.2 Å². The number of amides is 3. The fraction of sp³-hybridized carbons (Fsp3) is 0.636. The highest BCUT2D eigenvalue weighted by Crippen LogP contribution is 2.57. The number of ether oxygens (including phenoxy) is 3. The number of nitrogens with zero attached hydrogens (tertiary/aromatic N) is 4. The zero-order valence-electron chi connectivity index (χ0n) is 23.3. The van der Waals surface area contributed by atoms with E-state index in [1.807, 2.05) is 0 Å². The van der Waals surface area contributed by atoms with Gasteiger partial charge in [0.25, 0.3) is 5.91 Å². The van der Waals surface area contributed by atoms with Crippen LogP contribution in [0.3, 0.4) is 0 Å². The Morgan fingerprint density at radius 3 is 2.69 bits per heavy atom. The predicted molar refractivity (Wildman–Crippen MR) is 147 cm³/mol. The fourth-order valence-electron chi connectivity index (χ4n) is 4.25. The van der Waals surface area contributed by atoms with Gasteiger partial charge in [-0.25, -0.2) is 14.9 Å². The van der Waals surface area contributed by atoms with E-state index in [1.54, 1.807) is 13.8 Å². The maximum Gasteiger partial charge on any atom is 0.327 e. The van der Waals surface area contributed by atoms with E-state index in [9.17, 15) is 29.2 Å². The number of anilines is 1. The molecule has 1 unspecified atom stereocenters. The molecule has 0 saturated carbocycles. The van der Waals surface area contributed by atoms with Crippen molar-refractivity contribution in [1.29, 1.82) is 0 Å². The van der Waals surface area contributed by atoms with Gasteiger partial charge in [-0.3, -0.25) is 24.0 Å². The summed E-state index contributed by atoms with van der Waals surface area (Å²) in [6.07, 6.45) is -3.16. The van der Waals surface area contributed by atoms with E-state index in [0.717, 1.165) is 0 Å². The molecule has 0 aliphatic carbocycles. The quantitative estimate of drug-likeness (QED) is 0.0972. The first-order valence-electron chi connectivity index (χ1n) is 12.7. The third kappa shape index (κ3) is 6.61. The van der Waals surface area contributed by atoms with Gasteiger partial charge in [-0.2, -0.15) is 9.97 Å². The Labute approximate surface area is 243 Å². The number of aromatic nitrogens is 4. The van der Waals surface area contributed by atoms with Crippen LogP contribution in [0.4, 0.5) is 10.7 Å². The van der Waals surface area contributed by atoms with Gasteiger partial charge in [-0.05, 0) is 27.7 Å². The molecule has 20 heteroatoms. The van der Waals surface area contributed by atoms with Gasteiger partial charge in [-0.1, -0.05) is 11.4 Å². The molecule has 2 aromatic rings. The van der Waals surface area contributed by atoms with Gasteiger partial charge in [0, 0.05) is 5.75 Å². The van der Waals surface area contributed by atoms with Crippen molar-refractivity contribution < 1.29 is 47.9 Å². The summed E-state index contributed by atoms with van der Waals surface area (Å²) in [5.41, 5.74) is 4.26. The highest BCUT2D eigenvalue weighted by molar-refractivity contribution is 8.56. The highest BCUT2D eigenvalue weighted by Gasteiger charge is 2.54. The average molecular weight is 633 g/mol. The molecule has 0 spiro atoms. The summed E-state index contributed by atoms with van der Waals surface area (Å²) in [5, 5.41) is 29.3. The number of esters is 1. The summed E-state index contributed by atoms with van der Waals surface area (Å²) < 4.78 is 37.2. The smallest absolute Gasteiger partial charge is 0.327 e. The lowest BCUT2D eigenvalue weighted by Crippen LogP contribution is -2.44. The van der Waals surface area contributed by atoms with Gasteiger partial charge in [0.05, 0.1) is 26.1 Å². The normalized spacial score (nSPS) is 28.0. The third-order valence-electron chi connectivity index (χ3n) is 6.34. The lowest BCUT2D eigenvalue weighted by Gasteiger charge is -2.27. The molecule has 18 nitrogen and oxygen atoms in total. The van der Waals surface area contributed by atoms with Crippen molar-refractivity contribution >= 4 is 53.1 Å². The van der Waals surface area contributed by atoms with Crippen molar-refractivity contribution in [3.05, 3.63) is 6.33 Å². The van der Waals surface area contributed by atoms with Crippen LogP contribution in [0.1, 0.15) is 33.9 Å². The summed E-state index contributed by atoms with van der Waals surface area (Å²) >= 11 is 0.661. The number of aliphatic hydroxyl groups excluding tert-OH is 1. The Bertz CT molecular complexity index is 1410. The number of rotatable bonds is 12. The lowest BCUT2D eigenvalue weighted by molar-refractivity contribution is -0.149. The minimum atomic E-state index is -4.04. The van der Waals surface area contributed by atoms with Crippen LogP contribution in [0.5, 0.6) is 5.88 Å². The largest absolute Gasteiger partial charge is 0.479 e. The van der Waals surface area contributed by atoms with Crippen molar-refractivity contribution in [2.75, 3.05) is 25.2 Å². The van der Waals surface area contributed by atoms with Crippen molar-refractivity contribution in [3.8, 4) is 5.88 Å². The van der Waals surface area contributed by atoms with E-state index < -0.39 is 73.5 Å². The van der Waals surface area contributed by atoms with E-state index in [0.29, 0.717) is 11.4 Å². The van der Waals surface area contributed by atoms with Gasteiger partial charge >= 0.3 is 18.7 Å². The van der Waals surface area contributed by atoms with Crippen LogP contribution >= 0.6 is 18.1 Å². The van der Waals surface area contributed by atoms with E-state index in [4.69, 9.17) is 24.5 Å². The molecule has 42 heavy (non-hydrogen) atoms. The number of fused-ring (bicyclic) bond motifs is 1. The summed E-state index contributed by atoms with van der Waals surface area (Å²) in [6, 6.07) is -2.80. The van der Waals surface area contributed by atoms with E-state index in [2.05, 4.69) is 30.7 Å². The molecular weight excluding hydrogens is 599 g/mol. The van der Waals surface area contributed by atoms with Crippen LogP contribution in [0.25, 0.3) is 11.2 Å². The molecule has 0 radical (unpaired) electrons. The van der Waals surface area contributed by atoms with E-state index >= 15 is 0 Å². The van der Waals surface area contributed by atoms with Crippen molar-refractivity contribution in [3.63, 3.8) is 0 Å². The number of carbonyl (C=O) groups excluding carboxylic acids is 3. The second-order valence-electron chi connectivity index (χ2n) is 10.1. The first-order chi connectivity index (χ1) is 19.6. The van der Waals surface area contributed by atoms with Crippen LogP contribution in [0, 0.1) is 0 Å². The third-order valence-corrected chi connectivity index (χ3v) is 10.5. The molecular formula is C22H33N8O10PS. The number of carbonyl (C=O) groups is 3.